The van der Waals surface area contributed by atoms with E-state index in [2.05, 4.69) is 52.0 Å². The molecule has 3 aromatic carbocycles. The lowest BCUT2D eigenvalue weighted by molar-refractivity contribution is 0.174. The number of ether oxygens (including phenoxy) is 2. The Labute approximate surface area is 196 Å². The Hall–Kier alpha value is -3.76. The first-order chi connectivity index (χ1) is 16.2. The number of aromatic nitrogens is 3. The van der Waals surface area contributed by atoms with Gasteiger partial charge in [-0.05, 0) is 36.6 Å². The van der Waals surface area contributed by atoms with Crippen LogP contribution in [-0.4, -0.2) is 26.8 Å². The molecule has 5 rings (SSSR count). The third-order valence-electron chi connectivity index (χ3n) is 5.46. The fourth-order valence-electron chi connectivity index (χ4n) is 3.72. The Bertz CT molecular complexity index is 1300. The largest absolute Gasteiger partial charge is 0.454 e. The molecule has 0 fully saturated rings. The summed E-state index contributed by atoms with van der Waals surface area (Å²) in [5.41, 5.74) is 4.36. The molecule has 0 spiro atoms. The predicted octanol–water partition coefficient (Wildman–Crippen LogP) is 5.26. The van der Waals surface area contributed by atoms with Crippen molar-refractivity contribution in [1.82, 2.24) is 14.8 Å². The van der Waals surface area contributed by atoms with Crippen molar-refractivity contribution in [2.45, 2.75) is 30.3 Å². The van der Waals surface area contributed by atoms with Gasteiger partial charge in [0.1, 0.15) is 5.25 Å². The Morgan fingerprint density at radius 2 is 1.73 bits per heavy atom. The molecule has 1 aromatic heterocycles. The Kier molecular flexibility index (Phi) is 6.01. The molecule has 0 bridgehead atoms. The summed E-state index contributed by atoms with van der Waals surface area (Å²) >= 11 is 1.45. The molecule has 1 aliphatic heterocycles. The predicted molar refractivity (Wildman–Crippen MR) is 127 cm³/mol. The summed E-state index contributed by atoms with van der Waals surface area (Å²) in [5, 5.41) is 19.2. The second-order valence-corrected chi connectivity index (χ2v) is 9.04. The van der Waals surface area contributed by atoms with E-state index in [1.165, 1.54) is 17.3 Å². The van der Waals surface area contributed by atoms with Gasteiger partial charge in [0.25, 0.3) is 0 Å². The van der Waals surface area contributed by atoms with Crippen molar-refractivity contribution in [2.75, 3.05) is 6.79 Å². The molecule has 1 atom stereocenters. The van der Waals surface area contributed by atoms with E-state index < -0.39 is 0 Å². The van der Waals surface area contributed by atoms with Crippen LogP contribution in [0.15, 0.2) is 78.0 Å². The lowest BCUT2D eigenvalue weighted by atomic mass is 10.1. The Morgan fingerprint density at radius 3 is 2.52 bits per heavy atom. The number of rotatable bonds is 7. The van der Waals surface area contributed by atoms with E-state index in [-0.39, 0.29) is 12.0 Å². The van der Waals surface area contributed by atoms with Crippen molar-refractivity contribution in [2.24, 2.45) is 0 Å². The average Bonchev–Trinajstić information content (AvgIpc) is 3.47. The molecule has 4 aromatic rings. The zero-order valence-corrected chi connectivity index (χ0v) is 19.0. The molecule has 1 aliphatic rings. The van der Waals surface area contributed by atoms with Crippen LogP contribution in [0.5, 0.6) is 11.5 Å². The minimum Gasteiger partial charge on any atom is -0.454 e. The molecule has 6 nitrogen and oxygen atoms in total. The van der Waals surface area contributed by atoms with Gasteiger partial charge in [0.2, 0.25) is 6.79 Å². The van der Waals surface area contributed by atoms with Crippen LogP contribution in [0.3, 0.4) is 0 Å². The Balaban J connectivity index is 1.45. The van der Waals surface area contributed by atoms with Gasteiger partial charge in [-0.3, -0.25) is 4.57 Å². The molecule has 0 saturated heterocycles. The van der Waals surface area contributed by atoms with E-state index >= 15 is 0 Å². The van der Waals surface area contributed by atoms with Gasteiger partial charge in [0.15, 0.2) is 22.5 Å². The van der Waals surface area contributed by atoms with E-state index in [0.29, 0.717) is 18.1 Å². The second kappa shape index (κ2) is 9.39. The topological polar surface area (TPSA) is 73.0 Å². The van der Waals surface area contributed by atoms with Gasteiger partial charge in [-0.1, -0.05) is 78.0 Å². The molecule has 0 N–H and O–H groups in total. The number of aryl methyl sites for hydroxylation is 1. The van der Waals surface area contributed by atoms with Crippen LogP contribution in [0.2, 0.25) is 0 Å². The molecule has 0 saturated carbocycles. The van der Waals surface area contributed by atoms with Crippen molar-refractivity contribution >= 4 is 11.8 Å². The van der Waals surface area contributed by atoms with Crippen LogP contribution in [-0.2, 0) is 13.0 Å². The van der Waals surface area contributed by atoms with Gasteiger partial charge >= 0.3 is 0 Å². The minimum atomic E-state index is -0.281. The average molecular weight is 455 g/mol. The molecular weight excluding hydrogens is 432 g/mol. The normalized spacial score (nSPS) is 13.0. The molecule has 164 valence electrons. The van der Waals surface area contributed by atoms with Crippen LogP contribution < -0.4 is 9.47 Å². The zero-order chi connectivity index (χ0) is 22.6. The minimum absolute atomic E-state index is 0.241. The van der Waals surface area contributed by atoms with Crippen molar-refractivity contribution in [1.29, 1.82) is 5.26 Å². The third kappa shape index (κ3) is 4.71. The maximum Gasteiger partial charge on any atom is 0.231 e. The van der Waals surface area contributed by atoms with Gasteiger partial charge in [-0.25, -0.2) is 0 Å². The van der Waals surface area contributed by atoms with Crippen molar-refractivity contribution in [3.63, 3.8) is 0 Å². The van der Waals surface area contributed by atoms with E-state index in [9.17, 15) is 5.26 Å². The number of hydrogen-bond acceptors (Lipinski definition) is 6. The highest BCUT2D eigenvalue weighted by Crippen LogP contribution is 2.34. The SMILES string of the molecule is Cc1ccc(C[C@H](C#N)Sc2nnc(-c3ccccc3)n2Cc2ccc3c(c2)OCO3)cc1. The maximum atomic E-state index is 9.85. The van der Waals surface area contributed by atoms with E-state index in [1.54, 1.807) is 0 Å². The van der Waals surface area contributed by atoms with Gasteiger partial charge < -0.3 is 9.47 Å². The fourth-order valence-corrected chi connectivity index (χ4v) is 4.67. The smallest absolute Gasteiger partial charge is 0.231 e. The number of fused-ring (bicyclic) bond motifs is 1. The summed E-state index contributed by atoms with van der Waals surface area (Å²) in [6, 6.07) is 26.6. The zero-order valence-electron chi connectivity index (χ0n) is 18.1. The molecular formula is C26H22N4O2S. The lowest BCUT2D eigenvalue weighted by Crippen LogP contribution is -2.09. The summed E-state index contributed by atoms with van der Waals surface area (Å²) in [6.07, 6.45) is 0.638. The summed E-state index contributed by atoms with van der Waals surface area (Å²) < 4.78 is 13.1. The highest BCUT2D eigenvalue weighted by Gasteiger charge is 2.21. The van der Waals surface area contributed by atoms with Crippen LogP contribution in [0.1, 0.15) is 16.7 Å². The van der Waals surface area contributed by atoms with Crippen molar-refractivity contribution in [3.8, 4) is 29.0 Å². The van der Waals surface area contributed by atoms with Gasteiger partial charge in [0, 0.05) is 5.56 Å². The summed E-state index contributed by atoms with van der Waals surface area (Å²) in [4.78, 5) is 0. The number of nitrogens with zero attached hydrogens (tertiary/aromatic N) is 4. The quantitative estimate of drug-likeness (QED) is 0.355. The van der Waals surface area contributed by atoms with Gasteiger partial charge in [0.05, 0.1) is 12.6 Å². The summed E-state index contributed by atoms with van der Waals surface area (Å²) in [5.74, 6) is 2.26. The number of thioether (sulfide) groups is 1. The van der Waals surface area contributed by atoms with E-state index in [1.807, 2.05) is 48.5 Å². The monoisotopic (exact) mass is 454 g/mol. The van der Waals surface area contributed by atoms with Crippen molar-refractivity contribution < 1.29 is 9.47 Å². The standard InChI is InChI=1S/C26H22N4O2S/c1-18-7-9-19(10-8-18)13-22(15-27)33-26-29-28-25(21-5-3-2-4-6-21)30(26)16-20-11-12-23-24(14-20)32-17-31-23/h2-12,14,22H,13,16-17H2,1H3/t22-/m1/s1. The number of benzene rings is 3. The van der Waals surface area contributed by atoms with Gasteiger partial charge in [-0.2, -0.15) is 5.26 Å². The molecule has 33 heavy (non-hydrogen) atoms. The van der Waals surface area contributed by atoms with Crippen LogP contribution in [0.25, 0.3) is 11.4 Å². The second-order valence-electron chi connectivity index (χ2n) is 7.87. The number of hydrogen-bond donors (Lipinski definition) is 0. The van der Waals surface area contributed by atoms with Crippen LogP contribution in [0.4, 0.5) is 0 Å². The van der Waals surface area contributed by atoms with Crippen LogP contribution in [0, 0.1) is 18.3 Å². The highest BCUT2D eigenvalue weighted by molar-refractivity contribution is 8.00. The van der Waals surface area contributed by atoms with Crippen LogP contribution >= 0.6 is 11.8 Å². The highest BCUT2D eigenvalue weighted by atomic mass is 32.2. The molecule has 0 unspecified atom stereocenters. The van der Waals surface area contributed by atoms with E-state index in [0.717, 1.165) is 34.0 Å². The number of nitriles is 1. The van der Waals surface area contributed by atoms with Gasteiger partial charge in [-0.15, -0.1) is 10.2 Å². The lowest BCUT2D eigenvalue weighted by Gasteiger charge is -2.13. The molecule has 0 aliphatic carbocycles. The fraction of sp³-hybridized carbons (Fsp3) is 0.192. The third-order valence-corrected chi connectivity index (χ3v) is 6.53. The molecule has 0 radical (unpaired) electrons. The molecule has 0 amide bonds. The van der Waals surface area contributed by atoms with E-state index in [4.69, 9.17) is 9.47 Å². The first-order valence-electron chi connectivity index (χ1n) is 10.7. The first-order valence-corrected chi connectivity index (χ1v) is 11.6. The maximum absolute atomic E-state index is 9.85. The Morgan fingerprint density at radius 1 is 0.970 bits per heavy atom. The summed E-state index contributed by atoms with van der Waals surface area (Å²) in [6.45, 7) is 2.85. The summed E-state index contributed by atoms with van der Waals surface area (Å²) in [7, 11) is 0. The molecule has 7 heteroatoms. The molecule has 2 heterocycles. The van der Waals surface area contributed by atoms with Crippen molar-refractivity contribution in [3.05, 3.63) is 89.5 Å². The first kappa shape index (κ1) is 21.1.